The Kier molecular flexibility index (Phi) is 3.66. The van der Waals surface area contributed by atoms with Crippen molar-refractivity contribution in [2.45, 2.75) is 12.3 Å². The fourth-order valence-corrected chi connectivity index (χ4v) is 1.74. The molecule has 0 nitrogen and oxygen atoms in total. The van der Waals surface area contributed by atoms with Gasteiger partial charge in [-0.15, -0.1) is 11.6 Å². The first-order chi connectivity index (χ1) is 5.25. The number of hydrogen-bond donors (Lipinski definition) is 0. The number of aryl methyl sites for hydroxylation is 1. The monoisotopic (exact) mass is 280 g/mol. The lowest BCUT2D eigenvalue weighted by Gasteiger charge is -2.08. The van der Waals surface area contributed by atoms with Gasteiger partial charge in [0.15, 0.2) is 0 Å². The average molecular weight is 281 g/mol. The molecule has 0 spiro atoms. The quantitative estimate of drug-likeness (QED) is 0.572. The summed E-state index contributed by atoms with van der Waals surface area (Å²) in [6.07, 6.45) is 0. The third-order valence-corrected chi connectivity index (χ3v) is 3.45. The third-order valence-electron chi connectivity index (χ3n) is 1.66. The molecule has 0 aliphatic carbocycles. The molecule has 1 aromatic carbocycles. The van der Waals surface area contributed by atoms with E-state index < -0.39 is 0 Å². The zero-order chi connectivity index (χ0) is 8.27. The largest absolute Gasteiger partial charge is 0.117 e. The number of hydrogen-bond acceptors (Lipinski definition) is 0. The van der Waals surface area contributed by atoms with Crippen LogP contribution in [0.3, 0.4) is 0 Å². The minimum Gasteiger partial charge on any atom is -0.117 e. The van der Waals surface area contributed by atoms with Crippen LogP contribution in [0.25, 0.3) is 0 Å². The van der Waals surface area contributed by atoms with Crippen molar-refractivity contribution >= 4 is 34.2 Å². The van der Waals surface area contributed by atoms with Crippen molar-refractivity contribution in [3.8, 4) is 0 Å². The summed E-state index contributed by atoms with van der Waals surface area (Å²) in [6.45, 7) is 2.09. The molecule has 11 heavy (non-hydrogen) atoms. The second-order valence-electron chi connectivity index (χ2n) is 2.48. The fraction of sp³-hybridized carbons (Fsp3) is 0.333. The molecule has 0 radical (unpaired) electrons. The molecular weight excluding hydrogens is 270 g/mol. The maximum absolute atomic E-state index is 6.09. The Morgan fingerprint density at radius 1 is 1.45 bits per heavy atom. The van der Waals surface area contributed by atoms with Gasteiger partial charge in [0.25, 0.3) is 0 Å². The normalized spacial score (nSPS) is 13.0. The lowest BCUT2D eigenvalue weighted by Crippen LogP contribution is -1.93. The van der Waals surface area contributed by atoms with E-state index in [9.17, 15) is 0 Å². The van der Waals surface area contributed by atoms with Crippen LogP contribution in [0.15, 0.2) is 24.3 Å². The highest BCUT2D eigenvalue weighted by Gasteiger charge is 2.06. The van der Waals surface area contributed by atoms with Crippen molar-refractivity contribution in [2.75, 3.05) is 4.43 Å². The molecule has 1 rings (SSSR count). The van der Waals surface area contributed by atoms with Crippen LogP contribution in [0.4, 0.5) is 0 Å². The van der Waals surface area contributed by atoms with E-state index in [1.165, 1.54) is 11.1 Å². The van der Waals surface area contributed by atoms with E-state index in [1.807, 2.05) is 12.1 Å². The molecule has 60 valence electrons. The van der Waals surface area contributed by atoms with Gasteiger partial charge in [-0.2, -0.15) is 0 Å². The predicted molar refractivity (Wildman–Crippen MR) is 58.7 cm³/mol. The molecule has 0 heterocycles. The number of alkyl halides is 2. The van der Waals surface area contributed by atoms with Crippen LogP contribution >= 0.6 is 34.2 Å². The van der Waals surface area contributed by atoms with Gasteiger partial charge in [-0.1, -0.05) is 46.9 Å². The van der Waals surface area contributed by atoms with Gasteiger partial charge >= 0.3 is 0 Å². The lowest BCUT2D eigenvalue weighted by molar-refractivity contribution is 1.09. The highest BCUT2D eigenvalue weighted by Crippen LogP contribution is 2.25. The minimum atomic E-state index is 0.164. The molecular formula is C9H10ClI. The molecule has 0 saturated carbocycles. The van der Waals surface area contributed by atoms with E-state index in [4.69, 9.17) is 11.6 Å². The first-order valence-electron chi connectivity index (χ1n) is 3.51. The smallest absolute Gasteiger partial charge is 0.0677 e. The van der Waals surface area contributed by atoms with Gasteiger partial charge in [0.2, 0.25) is 0 Å². The van der Waals surface area contributed by atoms with E-state index in [0.717, 1.165) is 4.43 Å². The third kappa shape index (κ3) is 2.34. The Labute approximate surface area is 86.1 Å². The van der Waals surface area contributed by atoms with Crippen LogP contribution in [0.2, 0.25) is 0 Å². The molecule has 0 aliphatic rings. The van der Waals surface area contributed by atoms with Crippen molar-refractivity contribution < 1.29 is 0 Å². The van der Waals surface area contributed by atoms with E-state index in [1.54, 1.807) is 0 Å². The molecule has 0 amide bonds. The van der Waals surface area contributed by atoms with Gasteiger partial charge < -0.3 is 0 Å². The summed E-state index contributed by atoms with van der Waals surface area (Å²) >= 11 is 8.39. The first-order valence-corrected chi connectivity index (χ1v) is 5.47. The molecule has 1 unspecified atom stereocenters. The fourth-order valence-electron chi connectivity index (χ4n) is 1.02. The van der Waals surface area contributed by atoms with Gasteiger partial charge in [-0.25, -0.2) is 0 Å². The summed E-state index contributed by atoms with van der Waals surface area (Å²) in [7, 11) is 0. The summed E-state index contributed by atoms with van der Waals surface area (Å²) < 4.78 is 0.962. The van der Waals surface area contributed by atoms with Crippen LogP contribution in [-0.4, -0.2) is 4.43 Å². The lowest BCUT2D eigenvalue weighted by atomic mass is 10.1. The van der Waals surface area contributed by atoms with Crippen LogP contribution in [0, 0.1) is 6.92 Å². The van der Waals surface area contributed by atoms with Crippen molar-refractivity contribution in [3.05, 3.63) is 35.4 Å². The number of rotatable bonds is 2. The molecule has 0 N–H and O–H groups in total. The minimum absolute atomic E-state index is 0.164. The highest BCUT2D eigenvalue weighted by atomic mass is 127. The topological polar surface area (TPSA) is 0 Å². The summed E-state index contributed by atoms with van der Waals surface area (Å²) in [5.41, 5.74) is 2.53. The van der Waals surface area contributed by atoms with Crippen LogP contribution in [0.1, 0.15) is 16.5 Å². The van der Waals surface area contributed by atoms with Crippen molar-refractivity contribution in [2.24, 2.45) is 0 Å². The second kappa shape index (κ2) is 4.31. The Morgan fingerprint density at radius 2 is 2.09 bits per heavy atom. The van der Waals surface area contributed by atoms with Gasteiger partial charge in [0.05, 0.1) is 5.38 Å². The summed E-state index contributed by atoms with van der Waals surface area (Å²) in [5.74, 6) is 0. The van der Waals surface area contributed by atoms with Gasteiger partial charge in [-0.3, -0.25) is 0 Å². The Hall–Kier alpha value is 0.240. The number of halogens is 2. The molecule has 1 aromatic rings. The van der Waals surface area contributed by atoms with Crippen LogP contribution in [-0.2, 0) is 0 Å². The Bertz CT molecular complexity index is 235. The zero-order valence-electron chi connectivity index (χ0n) is 6.35. The maximum atomic E-state index is 6.09. The molecule has 0 saturated heterocycles. The molecule has 0 aliphatic heterocycles. The zero-order valence-corrected chi connectivity index (χ0v) is 9.26. The van der Waals surface area contributed by atoms with E-state index >= 15 is 0 Å². The molecule has 0 bridgehead atoms. The van der Waals surface area contributed by atoms with Gasteiger partial charge in [0.1, 0.15) is 0 Å². The summed E-state index contributed by atoms with van der Waals surface area (Å²) in [5, 5.41) is 0.164. The maximum Gasteiger partial charge on any atom is 0.0677 e. The standard InChI is InChI=1S/C9H10ClI/c1-7-4-2-3-5-8(7)9(10)6-11/h2-5,9H,6H2,1H3. The van der Waals surface area contributed by atoms with Crippen molar-refractivity contribution in [1.82, 2.24) is 0 Å². The molecule has 1 atom stereocenters. The summed E-state index contributed by atoms with van der Waals surface area (Å²) in [6, 6.07) is 8.25. The van der Waals surface area contributed by atoms with Crippen LogP contribution < -0.4 is 0 Å². The molecule has 2 heteroatoms. The Morgan fingerprint density at radius 3 is 2.64 bits per heavy atom. The second-order valence-corrected chi connectivity index (χ2v) is 3.89. The Balaban J connectivity index is 2.93. The van der Waals surface area contributed by atoms with E-state index in [0.29, 0.717) is 0 Å². The molecule has 0 aromatic heterocycles. The van der Waals surface area contributed by atoms with Gasteiger partial charge in [0, 0.05) is 4.43 Å². The van der Waals surface area contributed by atoms with Crippen molar-refractivity contribution in [3.63, 3.8) is 0 Å². The van der Waals surface area contributed by atoms with E-state index in [2.05, 4.69) is 41.6 Å². The average Bonchev–Trinajstić information content (AvgIpc) is 2.04. The van der Waals surface area contributed by atoms with Crippen LogP contribution in [0.5, 0.6) is 0 Å². The predicted octanol–water partition coefficient (Wildman–Crippen LogP) is 3.71. The van der Waals surface area contributed by atoms with Gasteiger partial charge in [-0.05, 0) is 18.1 Å². The SMILES string of the molecule is Cc1ccccc1C(Cl)CI. The van der Waals surface area contributed by atoms with E-state index in [-0.39, 0.29) is 5.38 Å². The van der Waals surface area contributed by atoms with Crippen molar-refractivity contribution in [1.29, 1.82) is 0 Å². The number of benzene rings is 1. The first kappa shape index (κ1) is 9.33. The molecule has 0 fully saturated rings. The summed E-state index contributed by atoms with van der Waals surface area (Å²) in [4.78, 5) is 0. The highest BCUT2D eigenvalue weighted by molar-refractivity contribution is 14.1.